The van der Waals surface area contributed by atoms with E-state index in [0.29, 0.717) is 6.04 Å². The Morgan fingerprint density at radius 2 is 1.64 bits per heavy atom. The van der Waals surface area contributed by atoms with E-state index in [2.05, 4.69) is 45.9 Å². The van der Waals surface area contributed by atoms with Gasteiger partial charge in [-0.05, 0) is 50.6 Å². The first-order valence-electron chi connectivity index (χ1n) is 9.09. The Morgan fingerprint density at radius 1 is 1.04 bits per heavy atom. The lowest BCUT2D eigenvalue weighted by molar-refractivity contribution is -0.118. The van der Waals surface area contributed by atoms with Crippen molar-refractivity contribution < 1.29 is 4.79 Å². The van der Waals surface area contributed by atoms with E-state index in [-0.39, 0.29) is 11.9 Å². The van der Waals surface area contributed by atoms with Crippen LogP contribution in [0, 0.1) is 0 Å². The highest BCUT2D eigenvalue weighted by molar-refractivity contribution is 5.94. The monoisotopic (exact) mass is 337 g/mol. The van der Waals surface area contributed by atoms with Crippen LogP contribution in [0.3, 0.4) is 0 Å². The molecule has 2 aromatic rings. The lowest BCUT2D eigenvalue weighted by Gasteiger charge is -2.33. The van der Waals surface area contributed by atoms with Crippen LogP contribution in [0.25, 0.3) is 0 Å². The number of carbonyl (C=O) groups excluding carboxylic acids is 1. The van der Waals surface area contributed by atoms with Gasteiger partial charge in [0.25, 0.3) is 0 Å². The number of rotatable bonds is 6. The Labute approximate surface area is 150 Å². The van der Waals surface area contributed by atoms with E-state index in [9.17, 15) is 4.79 Å². The second-order valence-corrected chi connectivity index (χ2v) is 6.78. The lowest BCUT2D eigenvalue weighted by Crippen LogP contribution is -2.48. The maximum Gasteiger partial charge on any atom is 0.241 e. The van der Waals surface area contributed by atoms with E-state index < -0.39 is 0 Å². The van der Waals surface area contributed by atoms with Crippen LogP contribution in [-0.4, -0.2) is 36.0 Å². The first-order valence-corrected chi connectivity index (χ1v) is 9.09. The third-order valence-corrected chi connectivity index (χ3v) is 4.76. The fourth-order valence-electron chi connectivity index (χ4n) is 3.30. The van der Waals surface area contributed by atoms with Crippen LogP contribution in [0.2, 0.25) is 0 Å². The normalized spacial score (nSPS) is 17.2. The van der Waals surface area contributed by atoms with E-state index >= 15 is 0 Å². The van der Waals surface area contributed by atoms with Crippen molar-refractivity contribution in [2.75, 3.05) is 18.4 Å². The van der Waals surface area contributed by atoms with Crippen LogP contribution in [0.15, 0.2) is 60.7 Å². The summed E-state index contributed by atoms with van der Waals surface area (Å²) in [5, 5.41) is 6.45. The summed E-state index contributed by atoms with van der Waals surface area (Å²) in [6, 6.07) is 20.4. The molecule has 1 amide bonds. The van der Waals surface area contributed by atoms with Gasteiger partial charge in [0.2, 0.25) is 5.91 Å². The number of amides is 1. The van der Waals surface area contributed by atoms with Crippen molar-refractivity contribution in [1.82, 2.24) is 10.2 Å². The smallest absolute Gasteiger partial charge is 0.241 e. The molecule has 25 heavy (non-hydrogen) atoms. The molecule has 1 aliphatic rings. The van der Waals surface area contributed by atoms with Crippen LogP contribution >= 0.6 is 0 Å². The van der Waals surface area contributed by atoms with Crippen LogP contribution in [0.4, 0.5) is 5.69 Å². The molecule has 3 rings (SSSR count). The minimum absolute atomic E-state index is 0.0258. The van der Waals surface area contributed by atoms with E-state index in [0.717, 1.165) is 38.2 Å². The van der Waals surface area contributed by atoms with Gasteiger partial charge in [-0.2, -0.15) is 0 Å². The Morgan fingerprint density at radius 3 is 2.28 bits per heavy atom. The number of nitrogens with one attached hydrogen (secondary N) is 2. The van der Waals surface area contributed by atoms with Crippen LogP contribution < -0.4 is 10.6 Å². The third kappa shape index (κ3) is 5.41. The van der Waals surface area contributed by atoms with E-state index in [1.165, 1.54) is 5.56 Å². The average molecular weight is 337 g/mol. The van der Waals surface area contributed by atoms with Gasteiger partial charge >= 0.3 is 0 Å². The van der Waals surface area contributed by atoms with E-state index in [4.69, 9.17) is 0 Å². The van der Waals surface area contributed by atoms with Crippen molar-refractivity contribution in [2.45, 2.75) is 38.4 Å². The predicted molar refractivity (Wildman–Crippen MR) is 102 cm³/mol. The molecule has 1 atom stereocenters. The predicted octanol–water partition coefficient (Wildman–Crippen LogP) is 3.27. The van der Waals surface area contributed by atoms with Crippen LogP contribution in [0.1, 0.15) is 25.3 Å². The fourth-order valence-corrected chi connectivity index (χ4v) is 3.30. The Bertz CT molecular complexity index is 651. The van der Waals surface area contributed by atoms with Crippen molar-refractivity contribution in [3.05, 3.63) is 66.2 Å². The van der Waals surface area contributed by atoms with Gasteiger partial charge in [0.05, 0.1) is 6.04 Å². The number of piperidine rings is 1. The maximum absolute atomic E-state index is 12.3. The molecule has 4 nitrogen and oxygen atoms in total. The topological polar surface area (TPSA) is 44.4 Å². The number of nitrogens with zero attached hydrogens (tertiary/aromatic N) is 1. The highest BCUT2D eigenvalue weighted by atomic mass is 16.2. The molecule has 0 unspecified atom stereocenters. The van der Waals surface area contributed by atoms with Crippen molar-refractivity contribution in [3.8, 4) is 0 Å². The number of para-hydroxylation sites is 1. The van der Waals surface area contributed by atoms with E-state index in [1.807, 2.05) is 37.3 Å². The molecule has 0 spiro atoms. The fraction of sp³-hybridized carbons (Fsp3) is 0.381. The lowest BCUT2D eigenvalue weighted by atomic mass is 10.0. The molecule has 4 heteroatoms. The zero-order chi connectivity index (χ0) is 17.5. The van der Waals surface area contributed by atoms with Gasteiger partial charge in [-0.15, -0.1) is 0 Å². The molecule has 2 N–H and O–H groups in total. The summed E-state index contributed by atoms with van der Waals surface area (Å²) in [7, 11) is 0. The molecule has 1 fully saturated rings. The molecule has 0 aromatic heterocycles. The maximum atomic E-state index is 12.3. The van der Waals surface area contributed by atoms with Gasteiger partial charge in [-0.3, -0.25) is 9.69 Å². The van der Waals surface area contributed by atoms with Gasteiger partial charge in [0, 0.05) is 18.3 Å². The number of anilines is 1. The summed E-state index contributed by atoms with van der Waals surface area (Å²) >= 11 is 0. The molecule has 0 saturated carbocycles. The minimum Gasteiger partial charge on any atom is -0.325 e. The number of carbonyl (C=O) groups is 1. The zero-order valence-electron chi connectivity index (χ0n) is 14.8. The summed E-state index contributed by atoms with van der Waals surface area (Å²) in [5.74, 6) is 0.0258. The Hall–Kier alpha value is -2.17. The zero-order valence-corrected chi connectivity index (χ0v) is 14.8. The minimum atomic E-state index is -0.189. The number of hydrogen-bond acceptors (Lipinski definition) is 3. The first kappa shape index (κ1) is 17.6. The molecule has 2 aromatic carbocycles. The largest absolute Gasteiger partial charge is 0.325 e. The highest BCUT2D eigenvalue weighted by Crippen LogP contribution is 2.14. The molecule has 1 saturated heterocycles. The first-order chi connectivity index (χ1) is 12.2. The van der Waals surface area contributed by atoms with Gasteiger partial charge in [-0.1, -0.05) is 48.5 Å². The highest BCUT2D eigenvalue weighted by Gasteiger charge is 2.22. The quantitative estimate of drug-likeness (QED) is 0.850. The third-order valence-electron chi connectivity index (χ3n) is 4.76. The second-order valence-electron chi connectivity index (χ2n) is 6.78. The molecular formula is C21H27N3O. The van der Waals surface area contributed by atoms with Gasteiger partial charge in [0.15, 0.2) is 0 Å². The molecule has 0 radical (unpaired) electrons. The van der Waals surface area contributed by atoms with Gasteiger partial charge in [-0.25, -0.2) is 0 Å². The average Bonchev–Trinajstić information content (AvgIpc) is 2.65. The second kappa shape index (κ2) is 8.79. The van der Waals surface area contributed by atoms with Crippen molar-refractivity contribution >= 4 is 11.6 Å². The summed E-state index contributed by atoms with van der Waals surface area (Å²) in [6.07, 6.45) is 2.16. The van der Waals surface area contributed by atoms with Crippen molar-refractivity contribution in [2.24, 2.45) is 0 Å². The molecule has 132 valence electrons. The Balaban J connectivity index is 1.41. The summed E-state index contributed by atoms with van der Waals surface area (Å²) in [4.78, 5) is 14.8. The summed E-state index contributed by atoms with van der Waals surface area (Å²) < 4.78 is 0. The van der Waals surface area contributed by atoms with Crippen molar-refractivity contribution in [3.63, 3.8) is 0 Å². The molecule has 1 heterocycles. The van der Waals surface area contributed by atoms with Crippen LogP contribution in [-0.2, 0) is 11.3 Å². The van der Waals surface area contributed by atoms with Crippen molar-refractivity contribution in [1.29, 1.82) is 0 Å². The van der Waals surface area contributed by atoms with E-state index in [1.54, 1.807) is 0 Å². The molecule has 1 aliphatic heterocycles. The molecular weight excluding hydrogens is 310 g/mol. The molecule has 0 bridgehead atoms. The molecule has 0 aliphatic carbocycles. The summed E-state index contributed by atoms with van der Waals surface area (Å²) in [5.41, 5.74) is 2.21. The SMILES string of the molecule is C[C@H](NC1CCN(Cc2ccccc2)CC1)C(=O)Nc1ccccc1. The van der Waals surface area contributed by atoms with Crippen LogP contribution in [0.5, 0.6) is 0 Å². The summed E-state index contributed by atoms with van der Waals surface area (Å²) in [6.45, 7) is 5.09. The van der Waals surface area contributed by atoms with Gasteiger partial charge < -0.3 is 10.6 Å². The number of benzene rings is 2. The standard InChI is InChI=1S/C21H27N3O/c1-17(21(25)23-19-10-6-3-7-11-19)22-20-12-14-24(15-13-20)16-18-8-4-2-5-9-18/h2-11,17,20,22H,12-16H2,1H3,(H,23,25)/t17-/m0/s1. The number of likely N-dealkylation sites (tertiary alicyclic amines) is 1. The number of hydrogen-bond donors (Lipinski definition) is 2. The van der Waals surface area contributed by atoms with Gasteiger partial charge in [0.1, 0.15) is 0 Å². The Kier molecular flexibility index (Phi) is 6.20.